The second-order valence-corrected chi connectivity index (χ2v) is 5.09. The van der Waals surface area contributed by atoms with Crippen LogP contribution in [0.25, 0.3) is 0 Å². The zero-order chi connectivity index (χ0) is 16.5. The van der Waals surface area contributed by atoms with Crippen LogP contribution in [0, 0.1) is 0 Å². The predicted molar refractivity (Wildman–Crippen MR) is 89.8 cm³/mol. The first-order valence-electron chi connectivity index (χ1n) is 7.71. The van der Waals surface area contributed by atoms with Gasteiger partial charge in [0.05, 0.1) is 7.11 Å². The summed E-state index contributed by atoms with van der Waals surface area (Å²) in [6.45, 7) is 3.44. The Morgan fingerprint density at radius 2 is 2.04 bits per heavy atom. The first kappa shape index (κ1) is 16.7. The summed E-state index contributed by atoms with van der Waals surface area (Å²) in [5, 5.41) is 13.9. The van der Waals surface area contributed by atoms with Crippen molar-refractivity contribution in [2.45, 2.75) is 19.8 Å². The number of hydrogen-bond donors (Lipinski definition) is 2. The molecule has 0 atom stereocenters. The van der Waals surface area contributed by atoms with Gasteiger partial charge in [0.15, 0.2) is 5.69 Å². The highest BCUT2D eigenvalue weighted by atomic mass is 16.5. The zero-order valence-corrected chi connectivity index (χ0v) is 13.5. The number of nitrogens with zero attached hydrogens (tertiary/aromatic N) is 2. The van der Waals surface area contributed by atoms with Gasteiger partial charge in [0.1, 0.15) is 11.6 Å². The molecule has 0 aliphatic carbocycles. The topological polar surface area (TPSA) is 76.1 Å². The molecule has 1 aromatic heterocycles. The van der Waals surface area contributed by atoms with Gasteiger partial charge in [-0.25, -0.2) is 0 Å². The van der Waals surface area contributed by atoms with Crippen molar-refractivity contribution in [3.05, 3.63) is 47.7 Å². The van der Waals surface area contributed by atoms with Gasteiger partial charge >= 0.3 is 0 Å². The minimum atomic E-state index is -0.220. The summed E-state index contributed by atoms with van der Waals surface area (Å²) in [5.74, 6) is 1.28. The molecule has 0 bridgehead atoms. The molecule has 0 aliphatic rings. The van der Waals surface area contributed by atoms with Crippen molar-refractivity contribution in [2.24, 2.45) is 0 Å². The van der Waals surface area contributed by atoms with Crippen molar-refractivity contribution in [3.8, 4) is 5.75 Å². The maximum Gasteiger partial charge on any atom is 0.271 e. The van der Waals surface area contributed by atoms with E-state index < -0.39 is 0 Å². The maximum absolute atomic E-state index is 12.0. The van der Waals surface area contributed by atoms with Gasteiger partial charge in [-0.2, -0.15) is 0 Å². The summed E-state index contributed by atoms with van der Waals surface area (Å²) < 4.78 is 5.18. The van der Waals surface area contributed by atoms with E-state index in [1.165, 1.54) is 0 Å². The Bertz CT molecular complexity index is 629. The van der Waals surface area contributed by atoms with E-state index in [0.29, 0.717) is 18.1 Å². The number of ether oxygens (including phenoxy) is 1. The Kier molecular flexibility index (Phi) is 6.35. The molecule has 122 valence electrons. The van der Waals surface area contributed by atoms with Crippen LogP contribution in [-0.2, 0) is 6.42 Å². The van der Waals surface area contributed by atoms with Gasteiger partial charge in [-0.05, 0) is 42.7 Å². The lowest BCUT2D eigenvalue weighted by atomic mass is 10.1. The Balaban J connectivity index is 1.82. The summed E-state index contributed by atoms with van der Waals surface area (Å²) in [5.41, 5.74) is 1.42. The first-order valence-corrected chi connectivity index (χ1v) is 7.71. The quantitative estimate of drug-likeness (QED) is 0.782. The normalized spacial score (nSPS) is 10.2. The lowest BCUT2D eigenvalue weighted by Crippen LogP contribution is -2.26. The van der Waals surface area contributed by atoms with Crippen molar-refractivity contribution in [1.82, 2.24) is 15.5 Å². The van der Waals surface area contributed by atoms with Gasteiger partial charge in [0, 0.05) is 13.1 Å². The number of carbonyl (C=O) groups excluding carboxylic acids is 1. The van der Waals surface area contributed by atoms with Crippen LogP contribution in [0.15, 0.2) is 36.4 Å². The molecule has 2 aromatic rings. The van der Waals surface area contributed by atoms with Crippen molar-refractivity contribution in [3.63, 3.8) is 0 Å². The zero-order valence-electron chi connectivity index (χ0n) is 13.5. The molecule has 0 radical (unpaired) electrons. The standard InChI is InChI=1S/C17H22N4O2/c1-3-10-18-16-8-7-15(20-21-16)17(22)19-11-9-13-5-4-6-14(12-13)23-2/h4-8,12H,3,9-11H2,1-2H3,(H,18,21)(H,19,22). The van der Waals surface area contributed by atoms with E-state index >= 15 is 0 Å². The highest BCUT2D eigenvalue weighted by Gasteiger charge is 2.07. The smallest absolute Gasteiger partial charge is 0.271 e. The van der Waals surface area contributed by atoms with Crippen LogP contribution in [0.2, 0.25) is 0 Å². The number of carbonyl (C=O) groups is 1. The Hall–Kier alpha value is -2.63. The first-order chi connectivity index (χ1) is 11.2. The Morgan fingerprint density at radius 3 is 2.74 bits per heavy atom. The van der Waals surface area contributed by atoms with Gasteiger partial charge in [0.25, 0.3) is 5.91 Å². The van der Waals surface area contributed by atoms with Crippen LogP contribution < -0.4 is 15.4 Å². The Labute approximate surface area is 136 Å². The molecular weight excluding hydrogens is 292 g/mol. The third-order valence-corrected chi connectivity index (χ3v) is 3.29. The van der Waals surface area contributed by atoms with Crippen molar-refractivity contribution < 1.29 is 9.53 Å². The van der Waals surface area contributed by atoms with Crippen LogP contribution in [0.1, 0.15) is 29.4 Å². The molecule has 6 heteroatoms. The third-order valence-electron chi connectivity index (χ3n) is 3.29. The summed E-state index contributed by atoms with van der Waals surface area (Å²) in [6, 6.07) is 11.2. The van der Waals surface area contributed by atoms with Crippen molar-refractivity contribution >= 4 is 11.7 Å². The summed E-state index contributed by atoms with van der Waals surface area (Å²) in [6.07, 6.45) is 1.74. The SMILES string of the molecule is CCCNc1ccc(C(=O)NCCc2cccc(OC)c2)nn1. The number of hydrogen-bond acceptors (Lipinski definition) is 5. The molecule has 1 aromatic carbocycles. The van der Waals surface area contributed by atoms with E-state index in [1.807, 2.05) is 24.3 Å². The molecule has 0 unspecified atom stereocenters. The van der Waals surface area contributed by atoms with Crippen LogP contribution in [0.3, 0.4) is 0 Å². The second-order valence-electron chi connectivity index (χ2n) is 5.09. The summed E-state index contributed by atoms with van der Waals surface area (Å²) in [7, 11) is 1.64. The van der Waals surface area contributed by atoms with E-state index in [2.05, 4.69) is 27.8 Å². The van der Waals surface area contributed by atoms with E-state index in [4.69, 9.17) is 4.74 Å². The van der Waals surface area contributed by atoms with Crippen LogP contribution >= 0.6 is 0 Å². The molecule has 0 saturated heterocycles. The number of aromatic nitrogens is 2. The molecule has 0 spiro atoms. The number of benzene rings is 1. The number of methoxy groups -OCH3 is 1. The maximum atomic E-state index is 12.0. The third kappa shape index (κ3) is 5.25. The van der Waals surface area contributed by atoms with E-state index in [9.17, 15) is 4.79 Å². The van der Waals surface area contributed by atoms with Gasteiger partial charge in [-0.1, -0.05) is 19.1 Å². The van der Waals surface area contributed by atoms with E-state index in [-0.39, 0.29) is 5.91 Å². The minimum absolute atomic E-state index is 0.220. The molecule has 23 heavy (non-hydrogen) atoms. The molecule has 0 aliphatic heterocycles. The van der Waals surface area contributed by atoms with Crippen molar-refractivity contribution in [1.29, 1.82) is 0 Å². The number of anilines is 1. The van der Waals surface area contributed by atoms with E-state index in [0.717, 1.165) is 30.7 Å². The largest absolute Gasteiger partial charge is 0.497 e. The van der Waals surface area contributed by atoms with Crippen LogP contribution in [0.4, 0.5) is 5.82 Å². The lowest BCUT2D eigenvalue weighted by molar-refractivity contribution is 0.0948. The molecule has 1 heterocycles. The molecule has 2 N–H and O–H groups in total. The highest BCUT2D eigenvalue weighted by molar-refractivity contribution is 5.92. The molecule has 0 fully saturated rings. The lowest BCUT2D eigenvalue weighted by Gasteiger charge is -2.07. The molecular formula is C17H22N4O2. The number of amides is 1. The number of rotatable bonds is 8. The molecule has 0 saturated carbocycles. The fourth-order valence-electron chi connectivity index (χ4n) is 2.04. The molecule has 1 amide bonds. The van der Waals surface area contributed by atoms with Gasteiger partial charge < -0.3 is 15.4 Å². The Morgan fingerprint density at radius 1 is 1.17 bits per heavy atom. The van der Waals surface area contributed by atoms with Crippen molar-refractivity contribution in [2.75, 3.05) is 25.5 Å². The molecule has 2 rings (SSSR count). The highest BCUT2D eigenvalue weighted by Crippen LogP contribution is 2.12. The second kappa shape index (κ2) is 8.73. The monoisotopic (exact) mass is 314 g/mol. The number of nitrogens with one attached hydrogen (secondary N) is 2. The van der Waals surface area contributed by atoms with E-state index in [1.54, 1.807) is 19.2 Å². The average Bonchev–Trinajstić information content (AvgIpc) is 2.60. The van der Waals surface area contributed by atoms with Crippen LogP contribution in [-0.4, -0.2) is 36.3 Å². The minimum Gasteiger partial charge on any atom is -0.497 e. The summed E-state index contributed by atoms with van der Waals surface area (Å²) >= 11 is 0. The molecule has 6 nitrogen and oxygen atoms in total. The van der Waals surface area contributed by atoms with Gasteiger partial charge in [-0.3, -0.25) is 4.79 Å². The fourth-order valence-corrected chi connectivity index (χ4v) is 2.04. The summed E-state index contributed by atoms with van der Waals surface area (Å²) in [4.78, 5) is 12.0. The predicted octanol–water partition coefficient (Wildman–Crippen LogP) is 2.28. The van der Waals surface area contributed by atoms with Crippen LogP contribution in [0.5, 0.6) is 5.75 Å². The average molecular weight is 314 g/mol. The van der Waals surface area contributed by atoms with Gasteiger partial charge in [-0.15, -0.1) is 10.2 Å². The van der Waals surface area contributed by atoms with Gasteiger partial charge in [0.2, 0.25) is 0 Å². The fraction of sp³-hybridized carbons (Fsp3) is 0.353.